The molecule has 0 spiro atoms. The zero-order chi connectivity index (χ0) is 14.8. The number of hydrogen-bond acceptors (Lipinski definition) is 3. The molecule has 4 heteroatoms. The number of nitrogens with two attached hydrogens (primary N) is 2. The SMILES string of the molecule is NNC(c1cc(F)ccc1N)c1cccc2ccccc12. The number of rotatable bonds is 3. The molecule has 0 radical (unpaired) electrons. The third kappa shape index (κ3) is 2.46. The number of nitrogens with one attached hydrogen (secondary N) is 1. The third-order valence-corrected chi connectivity index (χ3v) is 3.66. The molecule has 0 bridgehead atoms. The number of fused-ring (bicyclic) bond motifs is 1. The predicted octanol–water partition coefficient (Wildman–Crippen LogP) is 3.11. The number of benzene rings is 3. The Morgan fingerprint density at radius 1 is 0.905 bits per heavy atom. The van der Waals surface area contributed by atoms with Gasteiger partial charge in [0, 0.05) is 11.3 Å². The molecule has 0 fully saturated rings. The first kappa shape index (κ1) is 13.5. The summed E-state index contributed by atoms with van der Waals surface area (Å²) in [5, 5.41) is 2.16. The monoisotopic (exact) mass is 281 g/mol. The summed E-state index contributed by atoms with van der Waals surface area (Å²) in [7, 11) is 0. The molecule has 1 unspecified atom stereocenters. The molecule has 0 aromatic heterocycles. The van der Waals surface area contributed by atoms with Gasteiger partial charge in [-0.15, -0.1) is 0 Å². The maximum absolute atomic E-state index is 13.5. The fraction of sp³-hybridized carbons (Fsp3) is 0.0588. The van der Waals surface area contributed by atoms with Crippen molar-refractivity contribution in [3.05, 3.63) is 77.6 Å². The molecule has 0 amide bonds. The molecule has 0 heterocycles. The van der Waals surface area contributed by atoms with Gasteiger partial charge in [-0.3, -0.25) is 5.84 Å². The Labute approximate surface area is 122 Å². The lowest BCUT2D eigenvalue weighted by molar-refractivity contribution is 0.608. The minimum Gasteiger partial charge on any atom is -0.398 e. The Kier molecular flexibility index (Phi) is 3.56. The summed E-state index contributed by atoms with van der Waals surface area (Å²) in [6.45, 7) is 0. The van der Waals surface area contributed by atoms with E-state index in [1.807, 2.05) is 42.5 Å². The van der Waals surface area contributed by atoms with Gasteiger partial charge < -0.3 is 5.73 Å². The Balaban J connectivity index is 2.21. The minimum absolute atomic E-state index is 0.334. The van der Waals surface area contributed by atoms with Gasteiger partial charge in [0.25, 0.3) is 0 Å². The highest BCUT2D eigenvalue weighted by atomic mass is 19.1. The molecular weight excluding hydrogens is 265 g/mol. The summed E-state index contributed by atoms with van der Waals surface area (Å²) in [6, 6.07) is 17.9. The van der Waals surface area contributed by atoms with E-state index in [2.05, 4.69) is 5.43 Å². The molecule has 0 saturated heterocycles. The van der Waals surface area contributed by atoms with Crippen LogP contribution in [0.4, 0.5) is 10.1 Å². The van der Waals surface area contributed by atoms with Crippen molar-refractivity contribution in [2.45, 2.75) is 6.04 Å². The standard InChI is InChI=1S/C17H16FN3/c18-12-8-9-16(19)15(10-12)17(21-20)14-7-3-5-11-4-1-2-6-13(11)14/h1-10,17,21H,19-20H2. The summed E-state index contributed by atoms with van der Waals surface area (Å²) in [5.41, 5.74) is 10.8. The van der Waals surface area contributed by atoms with Crippen LogP contribution < -0.4 is 17.0 Å². The zero-order valence-electron chi connectivity index (χ0n) is 11.4. The van der Waals surface area contributed by atoms with Crippen LogP contribution in [0.15, 0.2) is 60.7 Å². The van der Waals surface area contributed by atoms with Gasteiger partial charge in [0.2, 0.25) is 0 Å². The molecule has 0 aliphatic heterocycles. The number of hydrazine groups is 1. The first-order valence-electron chi connectivity index (χ1n) is 6.69. The lowest BCUT2D eigenvalue weighted by atomic mass is 9.93. The molecule has 21 heavy (non-hydrogen) atoms. The molecular formula is C17H16FN3. The zero-order valence-corrected chi connectivity index (χ0v) is 11.4. The van der Waals surface area contributed by atoms with Crippen molar-refractivity contribution >= 4 is 16.5 Å². The van der Waals surface area contributed by atoms with E-state index in [1.54, 1.807) is 6.07 Å². The second kappa shape index (κ2) is 5.52. The van der Waals surface area contributed by atoms with Crippen LogP contribution in [0.25, 0.3) is 10.8 Å². The van der Waals surface area contributed by atoms with Gasteiger partial charge >= 0.3 is 0 Å². The summed E-state index contributed by atoms with van der Waals surface area (Å²) in [6.07, 6.45) is 0. The molecule has 0 saturated carbocycles. The third-order valence-electron chi connectivity index (χ3n) is 3.66. The molecule has 5 N–H and O–H groups in total. The lowest BCUT2D eigenvalue weighted by Gasteiger charge is -2.20. The maximum atomic E-state index is 13.5. The normalized spacial score (nSPS) is 12.5. The Morgan fingerprint density at radius 2 is 1.67 bits per heavy atom. The van der Waals surface area contributed by atoms with E-state index in [0.29, 0.717) is 11.3 Å². The van der Waals surface area contributed by atoms with Gasteiger partial charge in [-0.1, -0.05) is 42.5 Å². The average molecular weight is 281 g/mol. The highest BCUT2D eigenvalue weighted by Crippen LogP contribution is 2.31. The topological polar surface area (TPSA) is 64.1 Å². The fourth-order valence-electron chi connectivity index (χ4n) is 2.64. The second-order valence-electron chi connectivity index (χ2n) is 4.94. The van der Waals surface area contributed by atoms with Crippen LogP contribution in [0.1, 0.15) is 17.2 Å². The van der Waals surface area contributed by atoms with Crippen molar-refractivity contribution in [1.82, 2.24) is 5.43 Å². The van der Waals surface area contributed by atoms with Gasteiger partial charge in [-0.05, 0) is 34.5 Å². The van der Waals surface area contributed by atoms with Crippen LogP contribution in [0.5, 0.6) is 0 Å². The molecule has 106 valence electrons. The predicted molar refractivity (Wildman–Crippen MR) is 83.9 cm³/mol. The van der Waals surface area contributed by atoms with Gasteiger partial charge in [0.1, 0.15) is 5.82 Å². The van der Waals surface area contributed by atoms with E-state index in [0.717, 1.165) is 16.3 Å². The summed E-state index contributed by atoms with van der Waals surface area (Å²) in [4.78, 5) is 0. The van der Waals surface area contributed by atoms with E-state index in [-0.39, 0.29) is 11.9 Å². The summed E-state index contributed by atoms with van der Waals surface area (Å²) < 4.78 is 13.5. The van der Waals surface area contributed by atoms with Crippen molar-refractivity contribution in [2.24, 2.45) is 5.84 Å². The van der Waals surface area contributed by atoms with Crippen LogP contribution in [-0.4, -0.2) is 0 Å². The average Bonchev–Trinajstić information content (AvgIpc) is 2.51. The maximum Gasteiger partial charge on any atom is 0.123 e. The van der Waals surface area contributed by atoms with Crippen LogP contribution >= 0.6 is 0 Å². The fourth-order valence-corrected chi connectivity index (χ4v) is 2.64. The van der Waals surface area contributed by atoms with Gasteiger partial charge in [0.05, 0.1) is 6.04 Å². The van der Waals surface area contributed by atoms with Crippen molar-refractivity contribution < 1.29 is 4.39 Å². The number of halogens is 1. The number of anilines is 1. The van der Waals surface area contributed by atoms with Crippen LogP contribution in [0, 0.1) is 5.82 Å². The first-order valence-corrected chi connectivity index (χ1v) is 6.69. The lowest BCUT2D eigenvalue weighted by Crippen LogP contribution is -2.29. The molecule has 3 nitrogen and oxygen atoms in total. The highest BCUT2D eigenvalue weighted by Gasteiger charge is 2.18. The van der Waals surface area contributed by atoms with E-state index in [4.69, 9.17) is 11.6 Å². The van der Waals surface area contributed by atoms with E-state index in [9.17, 15) is 4.39 Å². The summed E-state index contributed by atoms with van der Waals surface area (Å²) >= 11 is 0. The highest BCUT2D eigenvalue weighted by molar-refractivity contribution is 5.86. The van der Waals surface area contributed by atoms with Gasteiger partial charge in [-0.25, -0.2) is 9.82 Å². The molecule has 1 atom stereocenters. The largest absolute Gasteiger partial charge is 0.398 e. The first-order chi connectivity index (χ1) is 10.2. The second-order valence-corrected chi connectivity index (χ2v) is 4.94. The molecule has 0 aliphatic rings. The van der Waals surface area contributed by atoms with E-state index >= 15 is 0 Å². The van der Waals surface area contributed by atoms with E-state index < -0.39 is 0 Å². The van der Waals surface area contributed by atoms with Crippen molar-refractivity contribution in [2.75, 3.05) is 5.73 Å². The number of hydrogen-bond donors (Lipinski definition) is 3. The van der Waals surface area contributed by atoms with Crippen LogP contribution in [0.2, 0.25) is 0 Å². The Hall–Kier alpha value is -2.43. The van der Waals surface area contributed by atoms with E-state index in [1.165, 1.54) is 12.1 Å². The minimum atomic E-state index is -0.369. The van der Waals surface area contributed by atoms with Crippen molar-refractivity contribution in [1.29, 1.82) is 0 Å². The van der Waals surface area contributed by atoms with Crippen molar-refractivity contribution in [3.8, 4) is 0 Å². The molecule has 3 aromatic rings. The Bertz CT molecular complexity index is 781. The van der Waals surface area contributed by atoms with Crippen molar-refractivity contribution in [3.63, 3.8) is 0 Å². The van der Waals surface area contributed by atoms with Gasteiger partial charge in [0.15, 0.2) is 0 Å². The Morgan fingerprint density at radius 3 is 2.48 bits per heavy atom. The van der Waals surface area contributed by atoms with Crippen LogP contribution in [0.3, 0.4) is 0 Å². The molecule has 3 rings (SSSR count). The number of nitrogen functional groups attached to an aromatic ring is 1. The summed E-state index contributed by atoms with van der Waals surface area (Å²) in [5.74, 6) is 5.39. The quantitative estimate of drug-likeness (QED) is 0.392. The smallest absolute Gasteiger partial charge is 0.123 e. The van der Waals surface area contributed by atoms with Crippen LogP contribution in [-0.2, 0) is 0 Å². The van der Waals surface area contributed by atoms with Gasteiger partial charge in [-0.2, -0.15) is 0 Å². The molecule has 3 aromatic carbocycles. The molecule has 0 aliphatic carbocycles.